The Kier molecular flexibility index (Phi) is 6.94. The molecule has 2 fully saturated rings. The highest BCUT2D eigenvalue weighted by Crippen LogP contribution is 2.38. The lowest BCUT2D eigenvalue weighted by atomic mass is 9.80. The van der Waals surface area contributed by atoms with Gasteiger partial charge in [0.05, 0.1) is 19.2 Å². The molecule has 28 heavy (non-hydrogen) atoms. The van der Waals surface area contributed by atoms with E-state index in [2.05, 4.69) is 10.2 Å². The fourth-order valence-electron chi connectivity index (χ4n) is 4.54. The molecule has 3 rings (SSSR count). The molecule has 0 saturated carbocycles. The predicted octanol–water partition coefficient (Wildman–Crippen LogP) is 2.53. The second-order valence-corrected chi connectivity index (χ2v) is 8.03. The number of rotatable bonds is 5. The Morgan fingerprint density at radius 3 is 2.29 bits per heavy atom. The Labute approximate surface area is 168 Å². The van der Waals surface area contributed by atoms with Crippen molar-refractivity contribution in [1.29, 1.82) is 0 Å². The molecule has 0 atom stereocenters. The lowest BCUT2D eigenvalue weighted by Crippen LogP contribution is -2.54. The van der Waals surface area contributed by atoms with Crippen molar-refractivity contribution < 1.29 is 14.3 Å². The summed E-state index contributed by atoms with van der Waals surface area (Å²) < 4.78 is 5.56. The van der Waals surface area contributed by atoms with Crippen LogP contribution in [-0.4, -0.2) is 61.4 Å². The number of benzene rings is 1. The van der Waals surface area contributed by atoms with E-state index in [9.17, 15) is 9.59 Å². The van der Waals surface area contributed by atoms with Gasteiger partial charge in [-0.3, -0.25) is 14.5 Å². The molecule has 0 aromatic heterocycles. The highest BCUT2D eigenvalue weighted by Gasteiger charge is 2.39. The number of carbonyl (C=O) groups excluding carboxylic acids is 2. The third kappa shape index (κ3) is 4.85. The van der Waals surface area contributed by atoms with Crippen LogP contribution in [0.5, 0.6) is 5.75 Å². The zero-order chi connectivity index (χ0) is 20.0. The van der Waals surface area contributed by atoms with Crippen LogP contribution in [0.4, 0.5) is 0 Å². The maximum absolute atomic E-state index is 12.7. The first kappa shape index (κ1) is 20.6. The summed E-state index contributed by atoms with van der Waals surface area (Å²) in [7, 11) is 1.66. The molecular formula is C22H33N3O3. The van der Waals surface area contributed by atoms with Gasteiger partial charge in [-0.1, -0.05) is 31.0 Å². The van der Waals surface area contributed by atoms with Crippen LogP contribution < -0.4 is 10.1 Å². The zero-order valence-corrected chi connectivity index (χ0v) is 17.2. The molecule has 2 amide bonds. The number of nitrogens with one attached hydrogen (secondary N) is 1. The van der Waals surface area contributed by atoms with Crippen LogP contribution in [0.2, 0.25) is 0 Å². The Balaban J connectivity index is 1.67. The zero-order valence-electron chi connectivity index (χ0n) is 17.2. The molecule has 0 aliphatic carbocycles. The van der Waals surface area contributed by atoms with Crippen molar-refractivity contribution >= 4 is 11.8 Å². The van der Waals surface area contributed by atoms with Crippen LogP contribution in [-0.2, 0) is 15.1 Å². The number of likely N-dealkylation sites (tertiary alicyclic amines) is 2. The molecule has 154 valence electrons. The van der Waals surface area contributed by atoms with Crippen molar-refractivity contribution in [2.24, 2.45) is 0 Å². The van der Waals surface area contributed by atoms with Gasteiger partial charge in [0.25, 0.3) is 0 Å². The van der Waals surface area contributed by atoms with Gasteiger partial charge in [0, 0.05) is 38.7 Å². The van der Waals surface area contributed by atoms with Gasteiger partial charge in [-0.2, -0.15) is 0 Å². The van der Waals surface area contributed by atoms with E-state index in [0.717, 1.165) is 63.2 Å². The maximum atomic E-state index is 12.7. The Morgan fingerprint density at radius 2 is 1.68 bits per heavy atom. The van der Waals surface area contributed by atoms with Gasteiger partial charge >= 0.3 is 0 Å². The fraction of sp³-hybridized carbons (Fsp3) is 0.636. The summed E-state index contributed by atoms with van der Waals surface area (Å²) >= 11 is 0. The smallest absolute Gasteiger partial charge is 0.236 e. The van der Waals surface area contributed by atoms with Crippen LogP contribution in [0.15, 0.2) is 24.3 Å². The van der Waals surface area contributed by atoms with E-state index < -0.39 is 5.54 Å². The van der Waals surface area contributed by atoms with E-state index in [4.69, 9.17) is 4.74 Å². The molecule has 6 heteroatoms. The van der Waals surface area contributed by atoms with Crippen LogP contribution in [0, 0.1) is 0 Å². The van der Waals surface area contributed by atoms with E-state index in [1.54, 1.807) is 14.0 Å². The number of ether oxygens (including phenoxy) is 1. The van der Waals surface area contributed by atoms with E-state index in [-0.39, 0.29) is 11.8 Å². The van der Waals surface area contributed by atoms with Crippen molar-refractivity contribution in [2.45, 2.75) is 51.0 Å². The van der Waals surface area contributed by atoms with Crippen molar-refractivity contribution in [2.75, 3.05) is 39.8 Å². The van der Waals surface area contributed by atoms with Gasteiger partial charge in [0.2, 0.25) is 11.8 Å². The van der Waals surface area contributed by atoms with Crippen molar-refractivity contribution in [3.05, 3.63) is 29.8 Å². The number of hydrogen-bond donors (Lipinski definition) is 1. The third-order valence-corrected chi connectivity index (χ3v) is 6.07. The average Bonchev–Trinajstić information content (AvgIpc) is 2.99. The Morgan fingerprint density at radius 1 is 1.04 bits per heavy atom. The van der Waals surface area contributed by atoms with Crippen LogP contribution >= 0.6 is 0 Å². The van der Waals surface area contributed by atoms with Crippen molar-refractivity contribution in [3.8, 4) is 5.75 Å². The van der Waals surface area contributed by atoms with Crippen molar-refractivity contribution in [3.63, 3.8) is 0 Å². The predicted molar refractivity (Wildman–Crippen MR) is 109 cm³/mol. The highest BCUT2D eigenvalue weighted by molar-refractivity contribution is 5.78. The molecule has 2 heterocycles. The lowest BCUT2D eigenvalue weighted by molar-refractivity contribution is -0.133. The van der Waals surface area contributed by atoms with Crippen LogP contribution in [0.3, 0.4) is 0 Å². The standard InChI is InChI=1S/C22H33N3O3/c1-18(26)23-22(19-9-5-6-10-20(19)28-2)11-15-24(16-12-22)17-21(27)25-13-7-3-4-8-14-25/h5-6,9-10H,3-4,7-8,11-17H2,1-2H3,(H,23,26). The summed E-state index contributed by atoms with van der Waals surface area (Å²) in [6, 6.07) is 7.90. The second kappa shape index (κ2) is 9.41. The number of piperidine rings is 1. The molecule has 1 aromatic rings. The maximum Gasteiger partial charge on any atom is 0.236 e. The summed E-state index contributed by atoms with van der Waals surface area (Å²) in [6.07, 6.45) is 6.22. The molecule has 2 aliphatic heterocycles. The summed E-state index contributed by atoms with van der Waals surface area (Å²) in [5, 5.41) is 3.19. The number of amides is 2. The number of carbonyl (C=O) groups is 2. The molecule has 0 spiro atoms. The minimum atomic E-state index is -0.444. The second-order valence-electron chi connectivity index (χ2n) is 8.03. The first-order valence-corrected chi connectivity index (χ1v) is 10.5. The summed E-state index contributed by atoms with van der Waals surface area (Å²) in [6.45, 7) is 5.37. The molecule has 2 aliphatic rings. The van der Waals surface area contributed by atoms with Crippen LogP contribution in [0.1, 0.15) is 51.0 Å². The van der Waals surface area contributed by atoms with E-state index >= 15 is 0 Å². The Hall–Kier alpha value is -2.08. The minimum absolute atomic E-state index is 0.0417. The van der Waals surface area contributed by atoms with Gasteiger partial charge in [-0.15, -0.1) is 0 Å². The molecule has 2 saturated heterocycles. The average molecular weight is 388 g/mol. The lowest BCUT2D eigenvalue weighted by Gasteiger charge is -2.43. The first-order chi connectivity index (χ1) is 13.5. The van der Waals surface area contributed by atoms with Gasteiger partial charge in [-0.05, 0) is 31.7 Å². The summed E-state index contributed by atoms with van der Waals surface area (Å²) in [5.74, 6) is 0.997. The SMILES string of the molecule is COc1ccccc1C1(NC(C)=O)CCN(CC(=O)N2CCCCCC2)CC1. The van der Waals surface area contributed by atoms with Crippen molar-refractivity contribution in [1.82, 2.24) is 15.1 Å². The number of methoxy groups -OCH3 is 1. The molecule has 0 bridgehead atoms. The number of para-hydroxylation sites is 1. The third-order valence-electron chi connectivity index (χ3n) is 6.07. The summed E-state index contributed by atoms with van der Waals surface area (Å²) in [4.78, 5) is 28.9. The number of hydrogen-bond acceptors (Lipinski definition) is 4. The monoisotopic (exact) mass is 387 g/mol. The Bertz CT molecular complexity index is 675. The largest absolute Gasteiger partial charge is 0.496 e. The molecule has 1 N–H and O–H groups in total. The molecule has 0 radical (unpaired) electrons. The van der Waals surface area contributed by atoms with E-state index in [1.807, 2.05) is 29.2 Å². The fourth-order valence-corrected chi connectivity index (χ4v) is 4.54. The summed E-state index contributed by atoms with van der Waals surface area (Å²) in [5.41, 5.74) is 0.576. The topological polar surface area (TPSA) is 61.9 Å². The van der Waals surface area contributed by atoms with E-state index in [0.29, 0.717) is 6.54 Å². The van der Waals surface area contributed by atoms with Crippen LogP contribution in [0.25, 0.3) is 0 Å². The minimum Gasteiger partial charge on any atom is -0.496 e. The molecule has 6 nitrogen and oxygen atoms in total. The normalized spacial score (nSPS) is 20.3. The molecule has 1 aromatic carbocycles. The highest BCUT2D eigenvalue weighted by atomic mass is 16.5. The van der Waals surface area contributed by atoms with Gasteiger partial charge in [0.15, 0.2) is 0 Å². The van der Waals surface area contributed by atoms with Gasteiger partial charge in [0.1, 0.15) is 5.75 Å². The van der Waals surface area contributed by atoms with E-state index in [1.165, 1.54) is 12.8 Å². The van der Waals surface area contributed by atoms with Gasteiger partial charge in [-0.25, -0.2) is 0 Å². The first-order valence-electron chi connectivity index (χ1n) is 10.5. The quantitative estimate of drug-likeness (QED) is 0.843. The molecular weight excluding hydrogens is 354 g/mol. The number of nitrogens with zero attached hydrogens (tertiary/aromatic N) is 2. The van der Waals surface area contributed by atoms with Gasteiger partial charge < -0.3 is 15.0 Å². The molecule has 0 unspecified atom stereocenters.